The second-order valence-corrected chi connectivity index (χ2v) is 8.73. The third kappa shape index (κ3) is 4.99. The highest BCUT2D eigenvalue weighted by atomic mass is 32.2. The van der Waals surface area contributed by atoms with Crippen LogP contribution in [0.3, 0.4) is 0 Å². The molecular weight excluding hydrogens is 400 g/mol. The summed E-state index contributed by atoms with van der Waals surface area (Å²) < 4.78 is 62.6. The van der Waals surface area contributed by atoms with E-state index in [1.807, 2.05) is 0 Å². The molecule has 2 aromatic rings. The van der Waals surface area contributed by atoms with Crippen LogP contribution in [0.25, 0.3) is 0 Å². The highest BCUT2D eigenvalue weighted by molar-refractivity contribution is 7.86. The van der Waals surface area contributed by atoms with Crippen molar-refractivity contribution in [2.75, 3.05) is 10.6 Å². The van der Waals surface area contributed by atoms with Crippen molar-refractivity contribution in [3.05, 3.63) is 47.5 Å². The molecule has 8 nitrogen and oxygen atoms in total. The zero-order chi connectivity index (χ0) is 19.7. The Balaban J connectivity index is 2.17. The van der Waals surface area contributed by atoms with Gasteiger partial charge < -0.3 is 10.6 Å². The third-order valence-electron chi connectivity index (χ3n) is 3.49. The van der Waals surface area contributed by atoms with E-state index in [-0.39, 0.29) is 14.9 Å². The summed E-state index contributed by atoms with van der Waals surface area (Å²) in [7, 11) is -8.57. The number of aryl methyl sites for hydroxylation is 2. The van der Waals surface area contributed by atoms with Crippen molar-refractivity contribution in [1.29, 1.82) is 0 Å². The summed E-state index contributed by atoms with van der Waals surface area (Å²) in [6.45, 7) is 3.29. The van der Waals surface area contributed by atoms with Crippen molar-refractivity contribution in [2.45, 2.75) is 23.6 Å². The van der Waals surface area contributed by atoms with Gasteiger partial charge in [-0.1, -0.05) is 0 Å². The van der Waals surface area contributed by atoms with Gasteiger partial charge in [-0.2, -0.15) is 16.8 Å². The van der Waals surface area contributed by atoms with E-state index < -0.39 is 20.2 Å². The summed E-state index contributed by atoms with van der Waals surface area (Å²) in [5.74, 6) is 0. The molecule has 0 saturated carbocycles. The van der Waals surface area contributed by atoms with E-state index >= 15 is 0 Å². The summed E-state index contributed by atoms with van der Waals surface area (Å²) >= 11 is 5.19. The smallest absolute Gasteiger partial charge is 0.294 e. The van der Waals surface area contributed by atoms with E-state index in [4.69, 9.17) is 21.3 Å². The number of hydrogen-bond acceptors (Lipinski definition) is 5. The molecule has 0 heterocycles. The van der Waals surface area contributed by atoms with E-state index in [1.165, 1.54) is 36.4 Å². The number of rotatable bonds is 4. The van der Waals surface area contributed by atoms with E-state index in [2.05, 4.69) is 10.6 Å². The van der Waals surface area contributed by atoms with Gasteiger partial charge in [0.1, 0.15) is 0 Å². The summed E-state index contributed by atoms with van der Waals surface area (Å²) in [6.07, 6.45) is 0. The second-order valence-electron chi connectivity index (χ2n) is 5.48. The third-order valence-corrected chi connectivity index (χ3v) is 5.39. The molecule has 0 aliphatic rings. The van der Waals surface area contributed by atoms with Crippen LogP contribution in [-0.4, -0.2) is 31.1 Å². The largest absolute Gasteiger partial charge is 0.332 e. The molecule has 0 saturated heterocycles. The topological polar surface area (TPSA) is 133 Å². The predicted molar refractivity (Wildman–Crippen MR) is 102 cm³/mol. The standard InChI is InChI=1S/C15H16N2O6S3/c1-9-7-11(25(18,19)20)3-5-13(9)16-15(24)17-14-6-4-12(8-10(14)2)26(21,22)23/h3-8H,1-2H3,(H2,16,17,24)(H,18,19,20)(H,21,22,23). The first-order chi connectivity index (χ1) is 11.9. The van der Waals surface area contributed by atoms with Crippen LogP contribution in [0.2, 0.25) is 0 Å². The quantitative estimate of drug-likeness (QED) is 0.438. The summed E-state index contributed by atoms with van der Waals surface area (Å²) in [6, 6.07) is 7.99. The van der Waals surface area contributed by atoms with Crippen molar-refractivity contribution in [2.24, 2.45) is 0 Å². The molecule has 0 aliphatic heterocycles. The fraction of sp³-hybridized carbons (Fsp3) is 0.133. The van der Waals surface area contributed by atoms with Crippen LogP contribution in [0.15, 0.2) is 46.2 Å². The normalized spacial score (nSPS) is 11.8. The van der Waals surface area contributed by atoms with Crippen molar-refractivity contribution >= 4 is 48.9 Å². The first-order valence-corrected chi connectivity index (χ1v) is 10.4. The molecule has 0 unspecified atom stereocenters. The number of thiocarbonyl (C=S) groups is 1. The highest BCUT2D eigenvalue weighted by Gasteiger charge is 2.13. The Morgan fingerprint density at radius 2 is 1.15 bits per heavy atom. The fourth-order valence-corrected chi connectivity index (χ4v) is 3.50. The summed E-state index contributed by atoms with van der Waals surface area (Å²) in [5, 5.41) is 5.96. The summed E-state index contributed by atoms with van der Waals surface area (Å²) in [4.78, 5) is -0.452. The maximum absolute atomic E-state index is 11.1. The van der Waals surface area contributed by atoms with Crippen molar-refractivity contribution < 1.29 is 25.9 Å². The van der Waals surface area contributed by atoms with Gasteiger partial charge in [-0.05, 0) is 73.6 Å². The minimum Gasteiger partial charge on any atom is -0.332 e. The molecule has 0 fully saturated rings. The minimum atomic E-state index is -4.29. The predicted octanol–water partition coefficient (Wildman–Crippen LogP) is 2.61. The average Bonchev–Trinajstić information content (AvgIpc) is 2.49. The molecule has 26 heavy (non-hydrogen) atoms. The van der Waals surface area contributed by atoms with E-state index in [0.29, 0.717) is 22.5 Å². The molecule has 2 rings (SSSR count). The van der Waals surface area contributed by atoms with Gasteiger partial charge in [0.15, 0.2) is 5.11 Å². The van der Waals surface area contributed by atoms with E-state index in [1.54, 1.807) is 13.8 Å². The van der Waals surface area contributed by atoms with Gasteiger partial charge in [0.25, 0.3) is 20.2 Å². The van der Waals surface area contributed by atoms with Crippen molar-refractivity contribution in [1.82, 2.24) is 0 Å². The summed E-state index contributed by atoms with van der Waals surface area (Å²) in [5.41, 5.74) is 2.15. The lowest BCUT2D eigenvalue weighted by atomic mass is 10.2. The number of benzene rings is 2. The number of hydrogen-bond donors (Lipinski definition) is 4. The van der Waals surface area contributed by atoms with Crippen LogP contribution in [0.4, 0.5) is 11.4 Å². The number of anilines is 2. The Morgan fingerprint density at radius 3 is 1.42 bits per heavy atom. The molecule has 0 aromatic heterocycles. The molecule has 0 amide bonds. The first-order valence-electron chi connectivity index (χ1n) is 7.12. The van der Waals surface area contributed by atoms with Crippen LogP contribution in [0.5, 0.6) is 0 Å². The second kappa shape index (κ2) is 7.29. The monoisotopic (exact) mass is 416 g/mol. The lowest BCUT2D eigenvalue weighted by Gasteiger charge is -2.15. The van der Waals surface area contributed by atoms with Gasteiger partial charge in [0.2, 0.25) is 0 Å². The molecular formula is C15H16N2O6S3. The Hall–Kier alpha value is -2.05. The molecule has 0 spiro atoms. The molecule has 0 atom stereocenters. The fourth-order valence-electron chi connectivity index (χ4n) is 2.15. The van der Waals surface area contributed by atoms with Crippen LogP contribution >= 0.6 is 12.2 Å². The van der Waals surface area contributed by atoms with Gasteiger partial charge in [-0.15, -0.1) is 0 Å². The SMILES string of the molecule is Cc1cc(S(=O)(=O)O)ccc1NC(=S)Nc1ccc(S(=O)(=O)O)cc1C. The molecule has 140 valence electrons. The Morgan fingerprint density at radius 1 is 0.808 bits per heavy atom. The van der Waals surface area contributed by atoms with Crippen molar-refractivity contribution in [3.63, 3.8) is 0 Å². The number of nitrogens with one attached hydrogen (secondary N) is 2. The van der Waals surface area contributed by atoms with Gasteiger partial charge in [0, 0.05) is 11.4 Å². The molecule has 2 aromatic carbocycles. The maximum Gasteiger partial charge on any atom is 0.294 e. The molecule has 4 N–H and O–H groups in total. The maximum atomic E-state index is 11.1. The average molecular weight is 417 g/mol. The molecule has 11 heteroatoms. The Bertz CT molecular complexity index is 993. The molecule has 0 radical (unpaired) electrons. The van der Waals surface area contributed by atoms with Crippen LogP contribution < -0.4 is 10.6 Å². The van der Waals surface area contributed by atoms with Crippen LogP contribution in [0.1, 0.15) is 11.1 Å². The van der Waals surface area contributed by atoms with Crippen LogP contribution in [-0.2, 0) is 20.2 Å². The van der Waals surface area contributed by atoms with Gasteiger partial charge in [-0.3, -0.25) is 9.11 Å². The first kappa shape index (κ1) is 20.3. The Labute approximate surface area is 156 Å². The molecule has 0 bridgehead atoms. The van der Waals surface area contributed by atoms with Crippen LogP contribution in [0, 0.1) is 13.8 Å². The Kier molecular flexibility index (Phi) is 5.68. The van der Waals surface area contributed by atoms with Gasteiger partial charge in [-0.25, -0.2) is 0 Å². The van der Waals surface area contributed by atoms with Gasteiger partial charge >= 0.3 is 0 Å². The molecule has 0 aliphatic carbocycles. The lowest BCUT2D eigenvalue weighted by molar-refractivity contribution is 0.481. The highest BCUT2D eigenvalue weighted by Crippen LogP contribution is 2.22. The van der Waals surface area contributed by atoms with Gasteiger partial charge in [0.05, 0.1) is 9.79 Å². The minimum absolute atomic E-state index is 0.190. The zero-order valence-electron chi connectivity index (χ0n) is 13.7. The van der Waals surface area contributed by atoms with E-state index in [0.717, 1.165) is 0 Å². The van der Waals surface area contributed by atoms with E-state index in [9.17, 15) is 16.8 Å². The lowest BCUT2D eigenvalue weighted by Crippen LogP contribution is -2.20. The van der Waals surface area contributed by atoms with Crippen molar-refractivity contribution in [3.8, 4) is 0 Å². The zero-order valence-corrected chi connectivity index (χ0v) is 16.2.